The van der Waals surface area contributed by atoms with Crippen molar-refractivity contribution in [2.75, 3.05) is 6.54 Å². The van der Waals surface area contributed by atoms with Crippen molar-refractivity contribution >= 4 is 0 Å². The van der Waals surface area contributed by atoms with Gasteiger partial charge in [0.05, 0.1) is 12.6 Å². The first-order valence-corrected chi connectivity index (χ1v) is 8.59. The molecule has 7 nitrogen and oxygen atoms in total. The van der Waals surface area contributed by atoms with Crippen LogP contribution in [-0.2, 0) is 6.54 Å². The first-order chi connectivity index (χ1) is 11.1. The Morgan fingerprint density at radius 3 is 2.74 bits per heavy atom. The van der Waals surface area contributed by atoms with E-state index in [0.717, 1.165) is 36.5 Å². The lowest BCUT2D eigenvalue weighted by Crippen LogP contribution is -2.35. The number of nitrogens with zero attached hydrogens (tertiary/aromatic N) is 6. The van der Waals surface area contributed by atoms with Crippen molar-refractivity contribution in [3.05, 3.63) is 23.4 Å². The maximum atomic E-state index is 5.53. The zero-order valence-electron chi connectivity index (χ0n) is 14.1. The Kier molecular flexibility index (Phi) is 3.67. The van der Waals surface area contributed by atoms with Crippen LogP contribution >= 0.6 is 0 Å². The van der Waals surface area contributed by atoms with E-state index >= 15 is 0 Å². The summed E-state index contributed by atoms with van der Waals surface area (Å²) in [6.07, 6.45) is 4.77. The van der Waals surface area contributed by atoms with Crippen LogP contribution in [0.15, 0.2) is 4.52 Å². The van der Waals surface area contributed by atoms with Crippen molar-refractivity contribution < 1.29 is 4.52 Å². The van der Waals surface area contributed by atoms with E-state index in [1.165, 1.54) is 25.7 Å². The molecule has 2 atom stereocenters. The van der Waals surface area contributed by atoms with Gasteiger partial charge in [-0.1, -0.05) is 5.16 Å². The molecule has 1 saturated heterocycles. The molecule has 23 heavy (non-hydrogen) atoms. The predicted molar refractivity (Wildman–Crippen MR) is 83.9 cm³/mol. The molecular formula is C16H24N6O. The lowest BCUT2D eigenvalue weighted by atomic mass is 10.2. The second-order valence-corrected chi connectivity index (χ2v) is 6.86. The van der Waals surface area contributed by atoms with Gasteiger partial charge >= 0.3 is 0 Å². The van der Waals surface area contributed by atoms with E-state index in [1.54, 1.807) is 0 Å². The molecule has 4 rings (SSSR count). The molecule has 2 aliphatic rings. The van der Waals surface area contributed by atoms with Gasteiger partial charge in [-0.3, -0.25) is 4.90 Å². The highest BCUT2D eigenvalue weighted by Crippen LogP contribution is 2.39. The smallest absolute Gasteiger partial charge is 0.243 e. The Morgan fingerprint density at radius 2 is 2.04 bits per heavy atom. The zero-order chi connectivity index (χ0) is 16.0. The van der Waals surface area contributed by atoms with Crippen LogP contribution in [0.3, 0.4) is 0 Å². The normalized spacial score (nSPS) is 23.5. The molecule has 0 N–H and O–H groups in total. The molecule has 0 amide bonds. The molecule has 0 bridgehead atoms. The van der Waals surface area contributed by atoms with Gasteiger partial charge in [0.1, 0.15) is 11.6 Å². The highest BCUT2D eigenvalue weighted by atomic mass is 16.5. The quantitative estimate of drug-likeness (QED) is 0.843. The molecule has 7 heteroatoms. The second-order valence-electron chi connectivity index (χ2n) is 6.86. The van der Waals surface area contributed by atoms with Crippen molar-refractivity contribution in [3.8, 4) is 0 Å². The van der Waals surface area contributed by atoms with Gasteiger partial charge in [0.25, 0.3) is 0 Å². The molecule has 1 aliphatic heterocycles. The fourth-order valence-corrected chi connectivity index (χ4v) is 3.56. The predicted octanol–water partition coefficient (Wildman–Crippen LogP) is 2.38. The Hall–Kier alpha value is -1.76. The highest BCUT2D eigenvalue weighted by Gasteiger charge is 2.34. The minimum absolute atomic E-state index is 0.160. The SMILES string of the molecule is Cc1nc(C)n(C[C@H]2CCCN2[C@H](C)c2nc(C3CC3)no2)n1. The third-order valence-corrected chi connectivity index (χ3v) is 5.02. The van der Waals surface area contributed by atoms with Crippen LogP contribution < -0.4 is 0 Å². The Bertz CT molecular complexity index is 689. The number of rotatable bonds is 5. The largest absolute Gasteiger partial charge is 0.338 e. The van der Waals surface area contributed by atoms with Crippen molar-refractivity contribution in [1.82, 2.24) is 29.8 Å². The van der Waals surface area contributed by atoms with E-state index in [4.69, 9.17) is 4.52 Å². The van der Waals surface area contributed by atoms with E-state index in [9.17, 15) is 0 Å². The number of likely N-dealkylation sites (tertiary alicyclic amines) is 1. The van der Waals surface area contributed by atoms with Crippen LogP contribution in [0, 0.1) is 13.8 Å². The zero-order valence-corrected chi connectivity index (χ0v) is 14.1. The number of aryl methyl sites for hydroxylation is 2. The fraction of sp³-hybridized carbons (Fsp3) is 0.750. The summed E-state index contributed by atoms with van der Waals surface area (Å²) in [7, 11) is 0. The van der Waals surface area contributed by atoms with Crippen molar-refractivity contribution in [2.45, 2.75) is 71.0 Å². The highest BCUT2D eigenvalue weighted by molar-refractivity contribution is 5.05. The Morgan fingerprint density at radius 1 is 1.22 bits per heavy atom. The third kappa shape index (κ3) is 2.89. The van der Waals surface area contributed by atoms with Gasteiger partial charge in [-0.2, -0.15) is 10.1 Å². The molecule has 124 valence electrons. The summed E-state index contributed by atoms with van der Waals surface area (Å²) in [5.74, 6) is 4.01. The first-order valence-electron chi connectivity index (χ1n) is 8.59. The molecule has 0 spiro atoms. The third-order valence-electron chi connectivity index (χ3n) is 5.02. The summed E-state index contributed by atoms with van der Waals surface area (Å²) >= 11 is 0. The minimum atomic E-state index is 0.160. The average molecular weight is 316 g/mol. The average Bonchev–Trinajstić information content (AvgIpc) is 2.95. The molecule has 2 aromatic heterocycles. The lowest BCUT2D eigenvalue weighted by molar-refractivity contribution is 0.143. The first kappa shape index (κ1) is 14.8. The summed E-state index contributed by atoms with van der Waals surface area (Å²) in [5, 5.41) is 8.66. The molecule has 0 radical (unpaired) electrons. The van der Waals surface area contributed by atoms with Gasteiger partial charge in [-0.15, -0.1) is 0 Å². The molecule has 0 unspecified atom stereocenters. The van der Waals surface area contributed by atoms with Gasteiger partial charge < -0.3 is 4.52 Å². The van der Waals surface area contributed by atoms with E-state index in [1.807, 2.05) is 18.5 Å². The molecule has 2 aromatic rings. The summed E-state index contributed by atoms with van der Waals surface area (Å²) < 4.78 is 7.55. The van der Waals surface area contributed by atoms with Crippen molar-refractivity contribution in [3.63, 3.8) is 0 Å². The maximum absolute atomic E-state index is 5.53. The summed E-state index contributed by atoms with van der Waals surface area (Å²) in [6, 6.07) is 0.605. The number of hydrogen-bond donors (Lipinski definition) is 0. The van der Waals surface area contributed by atoms with E-state index < -0.39 is 0 Å². The second kappa shape index (κ2) is 5.70. The molecule has 1 saturated carbocycles. The van der Waals surface area contributed by atoms with Crippen LogP contribution in [0.2, 0.25) is 0 Å². The number of aromatic nitrogens is 5. The standard InChI is InChI=1S/C16H24N6O/c1-10(16-18-15(20-23-16)13-6-7-13)21-8-4-5-14(21)9-22-12(3)17-11(2)19-22/h10,13-14H,4-9H2,1-3H3/t10-,14-/m1/s1. The van der Waals surface area contributed by atoms with Crippen LogP contribution in [0.5, 0.6) is 0 Å². The maximum Gasteiger partial charge on any atom is 0.243 e. The summed E-state index contributed by atoms with van der Waals surface area (Å²) in [5.41, 5.74) is 0. The molecule has 3 heterocycles. The van der Waals surface area contributed by atoms with E-state index in [0.29, 0.717) is 12.0 Å². The number of hydrogen-bond acceptors (Lipinski definition) is 6. The van der Waals surface area contributed by atoms with Gasteiger partial charge in [0, 0.05) is 12.0 Å². The van der Waals surface area contributed by atoms with E-state index in [-0.39, 0.29) is 6.04 Å². The van der Waals surface area contributed by atoms with Crippen LogP contribution in [0.25, 0.3) is 0 Å². The lowest BCUT2D eigenvalue weighted by Gasteiger charge is -2.28. The van der Waals surface area contributed by atoms with E-state index in [2.05, 4.69) is 32.0 Å². The molecule has 0 aromatic carbocycles. The summed E-state index contributed by atoms with van der Waals surface area (Å²) in [4.78, 5) is 11.5. The van der Waals surface area contributed by atoms with Gasteiger partial charge in [-0.25, -0.2) is 9.67 Å². The van der Waals surface area contributed by atoms with Crippen LogP contribution in [0.1, 0.15) is 67.9 Å². The van der Waals surface area contributed by atoms with Gasteiger partial charge in [0.15, 0.2) is 5.82 Å². The molecule has 2 fully saturated rings. The fourth-order valence-electron chi connectivity index (χ4n) is 3.56. The molecular weight excluding hydrogens is 292 g/mol. The molecule has 1 aliphatic carbocycles. The van der Waals surface area contributed by atoms with Gasteiger partial charge in [0.2, 0.25) is 5.89 Å². The monoisotopic (exact) mass is 316 g/mol. The van der Waals surface area contributed by atoms with Crippen molar-refractivity contribution in [1.29, 1.82) is 0 Å². The topological polar surface area (TPSA) is 72.9 Å². The Labute approximate surface area is 136 Å². The van der Waals surface area contributed by atoms with Crippen LogP contribution in [0.4, 0.5) is 0 Å². The van der Waals surface area contributed by atoms with Crippen molar-refractivity contribution in [2.24, 2.45) is 0 Å². The summed E-state index contributed by atoms with van der Waals surface area (Å²) in [6.45, 7) is 8.07. The van der Waals surface area contributed by atoms with Gasteiger partial charge in [-0.05, 0) is 53.0 Å². The Balaban J connectivity index is 1.48. The minimum Gasteiger partial charge on any atom is -0.338 e. The van der Waals surface area contributed by atoms with Crippen LogP contribution in [-0.4, -0.2) is 42.4 Å².